The minimum Gasteiger partial charge on any atom is -0.364 e. The van der Waals surface area contributed by atoms with Gasteiger partial charge in [0.1, 0.15) is 23.9 Å². The highest BCUT2D eigenvalue weighted by Gasteiger charge is 2.34. The Bertz CT molecular complexity index is 1250. The number of likely N-dealkylation sites (N-methyl/N-ethyl adjacent to an activating group) is 1. The summed E-state index contributed by atoms with van der Waals surface area (Å²) >= 11 is 0. The number of carbonyl (C=O) groups excluding carboxylic acids is 4. The zero-order valence-corrected chi connectivity index (χ0v) is 25.9. The van der Waals surface area contributed by atoms with Crippen LogP contribution in [0.5, 0.6) is 0 Å². The fourth-order valence-electron chi connectivity index (χ4n) is 5.97. The van der Waals surface area contributed by atoms with E-state index in [-0.39, 0.29) is 35.5 Å². The molecule has 1 saturated heterocycles. The first-order valence-electron chi connectivity index (χ1n) is 15.6. The van der Waals surface area contributed by atoms with Crippen molar-refractivity contribution in [2.24, 2.45) is 5.92 Å². The van der Waals surface area contributed by atoms with Crippen molar-refractivity contribution in [2.45, 2.75) is 83.7 Å². The molecule has 1 saturated carbocycles. The number of nitrogens with one attached hydrogen (secondary N) is 3. The number of hydrogen-bond acceptors (Lipinski definition) is 7. The van der Waals surface area contributed by atoms with Crippen LogP contribution in [0.15, 0.2) is 35.1 Å². The van der Waals surface area contributed by atoms with Gasteiger partial charge in [0.05, 0.1) is 5.69 Å². The summed E-state index contributed by atoms with van der Waals surface area (Å²) in [5, 5.41) is 12.8. The van der Waals surface area contributed by atoms with Gasteiger partial charge < -0.3 is 30.3 Å². The van der Waals surface area contributed by atoms with Crippen LogP contribution in [0, 0.1) is 5.92 Å². The van der Waals surface area contributed by atoms with Gasteiger partial charge in [-0.05, 0) is 49.9 Å². The van der Waals surface area contributed by atoms with E-state index in [2.05, 4.69) is 26.0 Å². The van der Waals surface area contributed by atoms with Crippen LogP contribution in [0.3, 0.4) is 0 Å². The summed E-state index contributed by atoms with van der Waals surface area (Å²) in [6.07, 6.45) is 7.07. The molecule has 1 aliphatic carbocycles. The number of rotatable bonds is 11. The van der Waals surface area contributed by atoms with Crippen LogP contribution in [0.25, 0.3) is 0 Å². The number of hydrogen-bond donors (Lipinski definition) is 3. The van der Waals surface area contributed by atoms with Crippen molar-refractivity contribution in [3.8, 4) is 0 Å². The molecule has 1 aromatic heterocycles. The molecule has 2 fully saturated rings. The first kappa shape index (κ1) is 32.2. The Labute approximate surface area is 254 Å². The van der Waals surface area contributed by atoms with E-state index >= 15 is 0 Å². The van der Waals surface area contributed by atoms with Gasteiger partial charge in [0.25, 0.3) is 5.91 Å². The Hall–Kier alpha value is -3.73. The van der Waals surface area contributed by atoms with Crippen LogP contribution >= 0.6 is 0 Å². The highest BCUT2D eigenvalue weighted by atomic mass is 16.5. The molecular formula is C32H46N6O5. The molecule has 3 unspecified atom stereocenters. The van der Waals surface area contributed by atoms with Crippen LogP contribution in [0.4, 0.5) is 5.69 Å². The number of anilines is 1. The summed E-state index contributed by atoms with van der Waals surface area (Å²) in [6, 6.07) is 5.98. The number of aromatic nitrogens is 1. The number of carbonyl (C=O) groups is 4. The predicted octanol–water partition coefficient (Wildman–Crippen LogP) is 3.33. The maximum atomic E-state index is 13.6. The van der Waals surface area contributed by atoms with Crippen molar-refractivity contribution >= 4 is 29.3 Å². The summed E-state index contributed by atoms with van der Waals surface area (Å²) < 4.78 is 5.01. The number of amides is 4. The SMILES string of the molecule is CCC(=O)NC(C(=O)N1CCN(C)CC1)C(C)c1ccc(NC(=O)C(NC(=O)c2conc2CC)C2CCCCC2)cc1. The molecule has 11 nitrogen and oxygen atoms in total. The van der Waals surface area contributed by atoms with Gasteiger partial charge in [-0.1, -0.05) is 57.3 Å². The molecule has 4 amide bonds. The van der Waals surface area contributed by atoms with Gasteiger partial charge in [0.15, 0.2) is 0 Å². The van der Waals surface area contributed by atoms with E-state index in [1.807, 2.05) is 37.9 Å². The first-order valence-corrected chi connectivity index (χ1v) is 15.6. The zero-order chi connectivity index (χ0) is 30.9. The van der Waals surface area contributed by atoms with Gasteiger partial charge in [0, 0.05) is 44.2 Å². The zero-order valence-electron chi connectivity index (χ0n) is 25.9. The lowest BCUT2D eigenvalue weighted by Crippen LogP contribution is -2.55. The fourth-order valence-corrected chi connectivity index (χ4v) is 5.97. The van der Waals surface area contributed by atoms with Crippen molar-refractivity contribution in [3.05, 3.63) is 47.3 Å². The third kappa shape index (κ3) is 8.22. The average Bonchev–Trinajstić information content (AvgIpc) is 3.52. The third-order valence-corrected chi connectivity index (χ3v) is 8.84. The van der Waals surface area contributed by atoms with E-state index < -0.39 is 12.1 Å². The molecule has 43 heavy (non-hydrogen) atoms. The summed E-state index contributed by atoms with van der Waals surface area (Å²) in [5.74, 6) is -1.13. The number of nitrogens with zero attached hydrogens (tertiary/aromatic N) is 3. The quantitative estimate of drug-likeness (QED) is 0.363. The van der Waals surface area contributed by atoms with Crippen LogP contribution in [0.2, 0.25) is 0 Å². The smallest absolute Gasteiger partial charge is 0.257 e. The Morgan fingerprint density at radius 1 is 0.977 bits per heavy atom. The second kappa shape index (κ2) is 15.1. The monoisotopic (exact) mass is 594 g/mol. The maximum absolute atomic E-state index is 13.6. The molecule has 2 aliphatic rings. The third-order valence-electron chi connectivity index (χ3n) is 8.84. The minimum absolute atomic E-state index is 0.0328. The Morgan fingerprint density at radius 2 is 1.65 bits per heavy atom. The van der Waals surface area contributed by atoms with Crippen LogP contribution in [0.1, 0.15) is 86.8 Å². The number of benzene rings is 1. The van der Waals surface area contributed by atoms with E-state index in [0.29, 0.717) is 42.9 Å². The Kier molecular flexibility index (Phi) is 11.3. The molecular weight excluding hydrogens is 548 g/mol. The lowest BCUT2D eigenvalue weighted by molar-refractivity contribution is -0.138. The first-order chi connectivity index (χ1) is 20.7. The Morgan fingerprint density at radius 3 is 2.28 bits per heavy atom. The van der Waals surface area contributed by atoms with Crippen LogP contribution in [-0.2, 0) is 20.8 Å². The van der Waals surface area contributed by atoms with Crippen molar-refractivity contribution in [2.75, 3.05) is 38.5 Å². The fraction of sp³-hybridized carbons (Fsp3) is 0.594. The van der Waals surface area contributed by atoms with Crippen LogP contribution in [-0.4, -0.2) is 83.9 Å². The van der Waals surface area contributed by atoms with E-state index in [1.165, 1.54) is 6.26 Å². The van der Waals surface area contributed by atoms with Gasteiger partial charge in [-0.2, -0.15) is 0 Å². The largest absolute Gasteiger partial charge is 0.364 e. The van der Waals surface area contributed by atoms with Gasteiger partial charge in [-0.25, -0.2) is 0 Å². The molecule has 3 atom stereocenters. The topological polar surface area (TPSA) is 137 Å². The standard InChI is InChI=1S/C32H46N6O5/c1-5-26-25(20-43-36-26)30(40)35-29(23-10-8-7-9-11-23)31(41)33-24-14-12-22(13-15-24)21(3)28(34-27(39)6-2)32(42)38-18-16-37(4)17-19-38/h12-15,20-21,23,28-29H,5-11,16-19H2,1-4H3,(H,33,41)(H,34,39)(H,35,40). The van der Waals surface area contributed by atoms with Crippen molar-refractivity contribution < 1.29 is 23.7 Å². The molecule has 2 aromatic rings. The molecule has 1 aliphatic heterocycles. The number of aryl methyl sites for hydroxylation is 1. The molecule has 0 spiro atoms. The second-order valence-electron chi connectivity index (χ2n) is 11.8. The van der Waals surface area contributed by atoms with E-state index in [4.69, 9.17) is 4.52 Å². The summed E-state index contributed by atoms with van der Waals surface area (Å²) in [5.41, 5.74) is 2.38. The predicted molar refractivity (Wildman–Crippen MR) is 163 cm³/mol. The Balaban J connectivity index is 1.46. The molecule has 4 rings (SSSR count). The van der Waals surface area contributed by atoms with Crippen LogP contribution < -0.4 is 16.0 Å². The average molecular weight is 595 g/mol. The highest BCUT2D eigenvalue weighted by Crippen LogP contribution is 2.28. The minimum atomic E-state index is -0.694. The van der Waals surface area contributed by atoms with Crippen molar-refractivity contribution in [1.82, 2.24) is 25.6 Å². The lowest BCUT2D eigenvalue weighted by atomic mass is 9.83. The lowest BCUT2D eigenvalue weighted by Gasteiger charge is -2.36. The molecule has 0 bridgehead atoms. The van der Waals surface area contributed by atoms with E-state index in [1.54, 1.807) is 19.1 Å². The molecule has 234 valence electrons. The van der Waals surface area contributed by atoms with E-state index in [0.717, 1.165) is 50.8 Å². The maximum Gasteiger partial charge on any atom is 0.257 e. The van der Waals surface area contributed by atoms with Crippen molar-refractivity contribution in [3.63, 3.8) is 0 Å². The van der Waals surface area contributed by atoms with E-state index in [9.17, 15) is 19.2 Å². The molecule has 2 heterocycles. The van der Waals surface area contributed by atoms with Gasteiger partial charge in [0.2, 0.25) is 17.7 Å². The summed E-state index contributed by atoms with van der Waals surface area (Å²) in [4.78, 5) is 56.6. The van der Waals surface area contributed by atoms with Crippen molar-refractivity contribution in [1.29, 1.82) is 0 Å². The molecule has 3 N–H and O–H groups in total. The van der Waals surface area contributed by atoms with Gasteiger partial charge in [-0.15, -0.1) is 0 Å². The van der Waals surface area contributed by atoms with Gasteiger partial charge in [-0.3, -0.25) is 19.2 Å². The highest BCUT2D eigenvalue weighted by molar-refractivity contribution is 6.01. The molecule has 1 aromatic carbocycles. The normalized spacial score (nSPS) is 18.4. The molecule has 0 radical (unpaired) electrons. The number of piperazine rings is 1. The van der Waals surface area contributed by atoms with Gasteiger partial charge >= 0.3 is 0 Å². The second-order valence-corrected chi connectivity index (χ2v) is 11.8. The summed E-state index contributed by atoms with van der Waals surface area (Å²) in [6.45, 7) is 8.45. The summed E-state index contributed by atoms with van der Waals surface area (Å²) in [7, 11) is 2.03. The molecule has 11 heteroatoms.